The highest BCUT2D eigenvalue weighted by Gasteiger charge is 2.61. The molecule has 3 aliphatic heterocycles. The maximum absolute atomic E-state index is 13.3. The minimum atomic E-state index is -3.98. The number of allylic oxidation sites excluding steroid dienone is 1. The molecule has 4 atom stereocenters. The van der Waals surface area contributed by atoms with Gasteiger partial charge in [0.05, 0.1) is 0 Å². The number of primary amides is 1. The molecule has 0 radical (unpaired) electrons. The van der Waals surface area contributed by atoms with E-state index in [1.54, 1.807) is 0 Å². The zero-order chi connectivity index (χ0) is 25.2. The molecular formula is C22H33N5O7S. The Hall–Kier alpha value is -2.67. The monoisotopic (exact) mass is 511 g/mol. The molecule has 3 heterocycles. The quantitative estimate of drug-likeness (QED) is 0.443. The third-order valence-corrected chi connectivity index (χ3v) is 8.71. The van der Waals surface area contributed by atoms with Crippen LogP contribution in [-0.4, -0.2) is 78.8 Å². The van der Waals surface area contributed by atoms with Gasteiger partial charge in [0.1, 0.15) is 11.6 Å². The van der Waals surface area contributed by atoms with Crippen LogP contribution in [0.3, 0.4) is 0 Å². The van der Waals surface area contributed by atoms with Crippen molar-refractivity contribution >= 4 is 34.0 Å². The SMILES string of the molecule is NC(=O)OC1CCCCC/C=C\C2CC2(C(=O)NS(=O)(=O)N2CCC2)NC(=O)C2CCCN2C1=O. The highest BCUT2D eigenvalue weighted by Crippen LogP contribution is 2.45. The topological polar surface area (TPSA) is 168 Å². The van der Waals surface area contributed by atoms with Gasteiger partial charge in [-0.2, -0.15) is 12.7 Å². The van der Waals surface area contributed by atoms with Crippen molar-refractivity contribution < 1.29 is 32.3 Å². The number of carbonyl (C=O) groups is 4. The fourth-order valence-corrected chi connectivity index (χ4v) is 6.26. The van der Waals surface area contributed by atoms with Crippen LogP contribution in [-0.2, 0) is 29.3 Å². The van der Waals surface area contributed by atoms with Crippen molar-refractivity contribution in [3.8, 4) is 0 Å². The summed E-state index contributed by atoms with van der Waals surface area (Å²) in [5.41, 5.74) is 3.78. The smallest absolute Gasteiger partial charge is 0.405 e. The number of hydrogen-bond acceptors (Lipinski definition) is 7. The zero-order valence-electron chi connectivity index (χ0n) is 19.6. The molecule has 3 fully saturated rings. The standard InChI is InChI=1S/C22H33N5O7S/c23-21(31)34-17-10-5-3-1-2-4-8-15-14-22(15,20(30)25-35(32,33)26-11-7-12-26)24-18(28)16-9-6-13-27(16)19(17)29/h4,8,15-17H,1-3,5-7,9-14H2,(H2,23,31)(H,24,28)(H,25,30)/b8-4-. The van der Waals surface area contributed by atoms with Crippen LogP contribution in [0.4, 0.5) is 4.79 Å². The largest absolute Gasteiger partial charge is 0.436 e. The van der Waals surface area contributed by atoms with Crippen molar-refractivity contribution in [1.29, 1.82) is 0 Å². The fourth-order valence-electron chi connectivity index (χ4n) is 4.98. The van der Waals surface area contributed by atoms with Gasteiger partial charge in [-0.3, -0.25) is 14.4 Å². The van der Waals surface area contributed by atoms with E-state index in [1.807, 2.05) is 12.2 Å². The van der Waals surface area contributed by atoms with Gasteiger partial charge in [-0.05, 0) is 51.4 Å². The number of nitrogens with two attached hydrogens (primary N) is 1. The van der Waals surface area contributed by atoms with E-state index in [0.29, 0.717) is 45.3 Å². The minimum Gasteiger partial charge on any atom is -0.436 e. The molecule has 4 unspecified atom stereocenters. The Morgan fingerprint density at radius 2 is 1.86 bits per heavy atom. The molecule has 0 bridgehead atoms. The minimum absolute atomic E-state index is 0.269. The molecule has 0 aromatic rings. The van der Waals surface area contributed by atoms with Crippen molar-refractivity contribution in [2.75, 3.05) is 19.6 Å². The first-order valence-corrected chi connectivity index (χ1v) is 13.7. The number of nitrogens with zero attached hydrogens (tertiary/aromatic N) is 2. The number of carbonyl (C=O) groups excluding carboxylic acids is 4. The van der Waals surface area contributed by atoms with Gasteiger partial charge in [-0.1, -0.05) is 18.6 Å². The number of ether oxygens (including phenoxy) is 1. The average Bonchev–Trinajstić information content (AvgIpc) is 3.20. The van der Waals surface area contributed by atoms with Crippen LogP contribution in [0.15, 0.2) is 12.2 Å². The molecule has 1 aliphatic carbocycles. The molecule has 35 heavy (non-hydrogen) atoms. The Morgan fingerprint density at radius 3 is 2.54 bits per heavy atom. The lowest BCUT2D eigenvalue weighted by Crippen LogP contribution is -2.59. The Kier molecular flexibility index (Phi) is 7.36. The van der Waals surface area contributed by atoms with Crippen LogP contribution < -0.4 is 15.8 Å². The predicted molar refractivity (Wildman–Crippen MR) is 124 cm³/mol. The molecule has 4 N–H and O–H groups in total. The summed E-state index contributed by atoms with van der Waals surface area (Å²) in [6.45, 7) is 0.999. The van der Waals surface area contributed by atoms with Gasteiger partial charge in [0.2, 0.25) is 5.91 Å². The van der Waals surface area contributed by atoms with Crippen LogP contribution in [0.5, 0.6) is 0 Å². The van der Waals surface area contributed by atoms with E-state index >= 15 is 0 Å². The number of nitrogens with one attached hydrogen (secondary N) is 2. The number of hydrogen-bond donors (Lipinski definition) is 3. The van der Waals surface area contributed by atoms with Gasteiger partial charge >= 0.3 is 16.3 Å². The lowest BCUT2D eigenvalue weighted by molar-refractivity contribution is -0.146. The van der Waals surface area contributed by atoms with Gasteiger partial charge < -0.3 is 20.7 Å². The van der Waals surface area contributed by atoms with Gasteiger partial charge in [-0.15, -0.1) is 0 Å². The highest BCUT2D eigenvalue weighted by molar-refractivity contribution is 7.87. The third-order valence-electron chi connectivity index (χ3n) is 7.22. The zero-order valence-corrected chi connectivity index (χ0v) is 20.4. The Labute approximate surface area is 204 Å². The molecule has 12 nitrogen and oxygen atoms in total. The number of fused-ring (bicyclic) bond motifs is 2. The van der Waals surface area contributed by atoms with E-state index < -0.39 is 51.7 Å². The summed E-state index contributed by atoms with van der Waals surface area (Å²) in [5, 5.41) is 2.77. The summed E-state index contributed by atoms with van der Waals surface area (Å²) >= 11 is 0. The Balaban J connectivity index is 1.56. The Bertz CT molecular complexity index is 1010. The predicted octanol–water partition coefficient (Wildman–Crippen LogP) is -0.0968. The first-order chi connectivity index (χ1) is 16.6. The first-order valence-electron chi connectivity index (χ1n) is 12.2. The van der Waals surface area contributed by atoms with Crippen LogP contribution >= 0.6 is 0 Å². The molecule has 0 aromatic heterocycles. The van der Waals surface area contributed by atoms with E-state index in [-0.39, 0.29) is 12.3 Å². The third kappa shape index (κ3) is 5.45. The van der Waals surface area contributed by atoms with Gasteiger partial charge in [0.15, 0.2) is 6.10 Å². The maximum Gasteiger partial charge on any atom is 0.405 e. The molecule has 1 saturated carbocycles. The normalized spacial score (nSPS) is 33.1. The average molecular weight is 512 g/mol. The van der Waals surface area contributed by atoms with Crippen molar-refractivity contribution in [1.82, 2.24) is 19.2 Å². The van der Waals surface area contributed by atoms with Crippen LogP contribution in [0.2, 0.25) is 0 Å². The molecule has 4 amide bonds. The van der Waals surface area contributed by atoms with E-state index in [9.17, 15) is 27.6 Å². The number of rotatable bonds is 4. The van der Waals surface area contributed by atoms with Crippen molar-refractivity contribution in [2.45, 2.75) is 75.5 Å². The number of amides is 4. The first kappa shape index (κ1) is 25.4. The summed E-state index contributed by atoms with van der Waals surface area (Å²) < 4.78 is 33.4. The van der Waals surface area contributed by atoms with Crippen LogP contribution in [0.25, 0.3) is 0 Å². The summed E-state index contributed by atoms with van der Waals surface area (Å²) in [7, 11) is -3.98. The van der Waals surface area contributed by atoms with Gasteiger partial charge in [0, 0.05) is 25.6 Å². The van der Waals surface area contributed by atoms with E-state index in [4.69, 9.17) is 10.5 Å². The van der Waals surface area contributed by atoms with Gasteiger partial charge in [0.25, 0.3) is 11.8 Å². The fraction of sp³-hybridized carbons (Fsp3) is 0.727. The summed E-state index contributed by atoms with van der Waals surface area (Å²) in [6, 6.07) is -0.853. The van der Waals surface area contributed by atoms with Crippen molar-refractivity contribution in [3.05, 3.63) is 12.2 Å². The van der Waals surface area contributed by atoms with Crippen molar-refractivity contribution in [3.63, 3.8) is 0 Å². The lowest BCUT2D eigenvalue weighted by Gasteiger charge is -2.31. The molecule has 0 aromatic carbocycles. The summed E-state index contributed by atoms with van der Waals surface area (Å²) in [5.74, 6) is -2.14. The van der Waals surface area contributed by atoms with Crippen molar-refractivity contribution in [2.24, 2.45) is 11.7 Å². The van der Waals surface area contributed by atoms with E-state index in [0.717, 1.165) is 25.7 Å². The second kappa shape index (κ2) is 10.1. The molecule has 4 rings (SSSR count). The molecule has 194 valence electrons. The Morgan fingerprint density at radius 1 is 1.09 bits per heavy atom. The highest BCUT2D eigenvalue weighted by atomic mass is 32.2. The molecule has 0 spiro atoms. The second-order valence-electron chi connectivity index (χ2n) is 9.64. The molecular weight excluding hydrogens is 478 g/mol. The summed E-state index contributed by atoms with van der Waals surface area (Å²) in [6.07, 6.45) is 6.89. The molecule has 4 aliphatic rings. The van der Waals surface area contributed by atoms with E-state index in [2.05, 4.69) is 10.0 Å². The molecule has 13 heteroatoms. The van der Waals surface area contributed by atoms with Crippen LogP contribution in [0, 0.1) is 5.92 Å². The van der Waals surface area contributed by atoms with Crippen LogP contribution in [0.1, 0.15) is 57.8 Å². The second-order valence-corrected chi connectivity index (χ2v) is 11.3. The summed E-state index contributed by atoms with van der Waals surface area (Å²) in [4.78, 5) is 52.4. The lowest BCUT2D eigenvalue weighted by atomic mass is 10.1. The van der Waals surface area contributed by atoms with Gasteiger partial charge in [-0.25, -0.2) is 9.52 Å². The molecule has 2 saturated heterocycles. The van der Waals surface area contributed by atoms with E-state index in [1.165, 1.54) is 9.21 Å². The maximum atomic E-state index is 13.3.